The largest absolute Gasteiger partial charge is 0.478 e. The summed E-state index contributed by atoms with van der Waals surface area (Å²) in [4.78, 5) is 21.6. The molecule has 2 rings (SSSR count). The number of carbonyl (C=O) groups is 2. The van der Waals surface area contributed by atoms with Gasteiger partial charge in [-0.1, -0.05) is 12.1 Å². The number of carboxylic acid groups (broad SMARTS) is 2. The molecular formula is C15H12O6. The molecule has 6 nitrogen and oxygen atoms in total. The van der Waals surface area contributed by atoms with Crippen LogP contribution in [0.25, 0.3) is 0 Å². The Kier molecular flexibility index (Phi) is 4.40. The van der Waals surface area contributed by atoms with Crippen molar-refractivity contribution >= 4 is 11.9 Å². The average Bonchev–Trinajstić information content (AvgIpc) is 2.48. The Morgan fingerprint density at radius 3 is 1.62 bits per heavy atom. The van der Waals surface area contributed by atoms with Crippen molar-refractivity contribution in [3.8, 4) is 11.5 Å². The van der Waals surface area contributed by atoms with Gasteiger partial charge < -0.3 is 19.7 Å². The summed E-state index contributed by atoms with van der Waals surface area (Å²) in [6.45, 7) is -0.161. The molecule has 6 heteroatoms. The van der Waals surface area contributed by atoms with Crippen molar-refractivity contribution in [1.82, 2.24) is 0 Å². The predicted octanol–water partition coefficient (Wildman–Crippen LogP) is 2.50. The van der Waals surface area contributed by atoms with Gasteiger partial charge in [0, 0.05) is 0 Å². The van der Waals surface area contributed by atoms with Crippen LogP contribution in [0, 0.1) is 0 Å². The molecule has 0 spiro atoms. The first-order chi connectivity index (χ1) is 10.1. The van der Waals surface area contributed by atoms with Gasteiger partial charge in [-0.3, -0.25) is 0 Å². The number of hydrogen-bond acceptors (Lipinski definition) is 4. The Bertz CT molecular complexity index is 607. The summed E-state index contributed by atoms with van der Waals surface area (Å²) in [5, 5.41) is 17.7. The number of benzene rings is 2. The van der Waals surface area contributed by atoms with E-state index >= 15 is 0 Å². The molecule has 108 valence electrons. The molecule has 0 atom stereocenters. The summed E-state index contributed by atoms with van der Waals surface area (Å²) in [6, 6.07) is 12.0. The maximum atomic E-state index is 10.8. The lowest BCUT2D eigenvalue weighted by Crippen LogP contribution is -2.07. The second kappa shape index (κ2) is 6.42. The molecule has 0 heterocycles. The Morgan fingerprint density at radius 2 is 1.24 bits per heavy atom. The first-order valence-corrected chi connectivity index (χ1v) is 5.98. The molecule has 0 saturated carbocycles. The molecule has 2 aromatic rings. The highest BCUT2D eigenvalue weighted by atomic mass is 16.7. The van der Waals surface area contributed by atoms with Crippen molar-refractivity contribution < 1.29 is 29.3 Å². The van der Waals surface area contributed by atoms with E-state index in [1.54, 1.807) is 24.3 Å². The molecule has 0 aromatic heterocycles. The van der Waals surface area contributed by atoms with Crippen LogP contribution in [-0.4, -0.2) is 28.9 Å². The van der Waals surface area contributed by atoms with E-state index in [4.69, 9.17) is 19.7 Å². The maximum Gasteiger partial charge on any atom is 0.335 e. The second-order valence-electron chi connectivity index (χ2n) is 4.07. The van der Waals surface area contributed by atoms with Crippen molar-refractivity contribution in [2.45, 2.75) is 0 Å². The molecule has 0 unspecified atom stereocenters. The lowest BCUT2D eigenvalue weighted by atomic mass is 10.2. The maximum absolute atomic E-state index is 10.8. The molecule has 0 aliphatic rings. The zero-order valence-corrected chi connectivity index (χ0v) is 10.9. The summed E-state index contributed by atoms with van der Waals surface area (Å²) in [5.74, 6) is -1.39. The second-order valence-corrected chi connectivity index (χ2v) is 4.07. The van der Waals surface area contributed by atoms with Gasteiger partial charge in [-0.05, 0) is 36.4 Å². The molecule has 0 radical (unpaired) electrons. The first-order valence-electron chi connectivity index (χ1n) is 5.98. The summed E-state index contributed by atoms with van der Waals surface area (Å²) in [6.07, 6.45) is 0. The van der Waals surface area contributed by atoms with Gasteiger partial charge in [0.2, 0.25) is 6.79 Å². The number of ether oxygens (including phenoxy) is 2. The lowest BCUT2D eigenvalue weighted by molar-refractivity contribution is 0.0686. The fraction of sp³-hybridized carbons (Fsp3) is 0.0667. The van der Waals surface area contributed by atoms with Crippen molar-refractivity contribution in [3.05, 3.63) is 59.7 Å². The zero-order valence-electron chi connectivity index (χ0n) is 10.9. The third-order valence-electron chi connectivity index (χ3n) is 2.61. The van der Waals surface area contributed by atoms with E-state index in [2.05, 4.69) is 0 Å². The lowest BCUT2D eigenvalue weighted by Gasteiger charge is -2.09. The fourth-order valence-corrected chi connectivity index (χ4v) is 1.60. The van der Waals surface area contributed by atoms with E-state index in [9.17, 15) is 9.59 Å². The van der Waals surface area contributed by atoms with Crippen LogP contribution >= 0.6 is 0 Å². The van der Waals surface area contributed by atoms with E-state index in [0.29, 0.717) is 11.5 Å². The third-order valence-corrected chi connectivity index (χ3v) is 2.61. The normalized spacial score (nSPS) is 9.90. The van der Waals surface area contributed by atoms with Crippen molar-refractivity contribution in [2.75, 3.05) is 6.79 Å². The number of carboxylic acids is 2. The Labute approximate surface area is 120 Å². The minimum Gasteiger partial charge on any atom is -0.478 e. The Balaban J connectivity index is 1.95. The van der Waals surface area contributed by atoms with Crippen LogP contribution in [0.15, 0.2) is 48.5 Å². The number of hydrogen-bond donors (Lipinski definition) is 2. The van der Waals surface area contributed by atoms with E-state index in [1.165, 1.54) is 24.3 Å². The molecular weight excluding hydrogens is 276 g/mol. The SMILES string of the molecule is O=C(O)c1cccc(OCOc2cccc(C(=O)O)c2)c1. The first kappa shape index (κ1) is 14.4. The third kappa shape index (κ3) is 3.97. The minimum absolute atomic E-state index is 0.111. The predicted molar refractivity (Wildman–Crippen MR) is 72.9 cm³/mol. The van der Waals surface area contributed by atoms with Gasteiger partial charge in [-0.2, -0.15) is 0 Å². The van der Waals surface area contributed by atoms with Crippen LogP contribution in [0.4, 0.5) is 0 Å². The topological polar surface area (TPSA) is 93.1 Å². The van der Waals surface area contributed by atoms with E-state index in [0.717, 1.165) is 0 Å². The molecule has 2 N–H and O–H groups in total. The van der Waals surface area contributed by atoms with Gasteiger partial charge >= 0.3 is 11.9 Å². The molecule has 0 saturated heterocycles. The molecule has 2 aromatic carbocycles. The van der Waals surface area contributed by atoms with Gasteiger partial charge in [-0.25, -0.2) is 9.59 Å². The van der Waals surface area contributed by atoms with Crippen molar-refractivity contribution in [1.29, 1.82) is 0 Å². The molecule has 0 fully saturated rings. The van der Waals surface area contributed by atoms with Crippen LogP contribution in [0.1, 0.15) is 20.7 Å². The zero-order chi connectivity index (χ0) is 15.2. The number of aromatic carboxylic acids is 2. The molecule has 0 amide bonds. The summed E-state index contributed by atoms with van der Waals surface area (Å²) in [5.41, 5.74) is 0.223. The summed E-state index contributed by atoms with van der Waals surface area (Å²) < 4.78 is 10.5. The highest BCUT2D eigenvalue weighted by Gasteiger charge is 2.05. The highest BCUT2D eigenvalue weighted by Crippen LogP contribution is 2.16. The molecule has 0 aliphatic heterocycles. The fourth-order valence-electron chi connectivity index (χ4n) is 1.60. The Hall–Kier alpha value is -3.02. The van der Waals surface area contributed by atoms with Gasteiger partial charge in [-0.15, -0.1) is 0 Å². The Morgan fingerprint density at radius 1 is 0.810 bits per heavy atom. The monoisotopic (exact) mass is 288 g/mol. The van der Waals surface area contributed by atoms with Gasteiger partial charge in [0.25, 0.3) is 0 Å². The van der Waals surface area contributed by atoms with Crippen LogP contribution < -0.4 is 9.47 Å². The number of rotatable bonds is 6. The smallest absolute Gasteiger partial charge is 0.335 e. The van der Waals surface area contributed by atoms with E-state index in [1.807, 2.05) is 0 Å². The average molecular weight is 288 g/mol. The highest BCUT2D eigenvalue weighted by molar-refractivity contribution is 5.88. The summed E-state index contributed by atoms with van der Waals surface area (Å²) in [7, 11) is 0. The quantitative estimate of drug-likeness (QED) is 0.793. The summed E-state index contributed by atoms with van der Waals surface area (Å²) >= 11 is 0. The van der Waals surface area contributed by atoms with Crippen molar-refractivity contribution in [3.63, 3.8) is 0 Å². The van der Waals surface area contributed by atoms with Gasteiger partial charge in [0.15, 0.2) is 0 Å². The molecule has 21 heavy (non-hydrogen) atoms. The van der Waals surface area contributed by atoms with Crippen LogP contribution in [0.3, 0.4) is 0 Å². The van der Waals surface area contributed by atoms with E-state index in [-0.39, 0.29) is 17.9 Å². The standard InChI is InChI=1S/C15H12O6/c16-14(17)10-3-1-5-12(7-10)20-9-21-13-6-2-4-11(8-13)15(18)19/h1-8H,9H2,(H,16,17)(H,18,19). The van der Waals surface area contributed by atoms with Gasteiger partial charge in [0.1, 0.15) is 11.5 Å². The molecule has 0 bridgehead atoms. The minimum atomic E-state index is -1.05. The van der Waals surface area contributed by atoms with Gasteiger partial charge in [0.05, 0.1) is 11.1 Å². The van der Waals surface area contributed by atoms with Crippen LogP contribution in [0.2, 0.25) is 0 Å². The van der Waals surface area contributed by atoms with E-state index < -0.39 is 11.9 Å². The van der Waals surface area contributed by atoms with Crippen LogP contribution in [-0.2, 0) is 0 Å². The van der Waals surface area contributed by atoms with Crippen molar-refractivity contribution in [2.24, 2.45) is 0 Å². The van der Waals surface area contributed by atoms with Crippen LogP contribution in [0.5, 0.6) is 11.5 Å². The molecule has 0 aliphatic carbocycles.